The van der Waals surface area contributed by atoms with E-state index >= 15 is 0 Å². The van der Waals surface area contributed by atoms with E-state index in [9.17, 15) is 5.11 Å². The third-order valence-electron chi connectivity index (χ3n) is 5.97. The summed E-state index contributed by atoms with van der Waals surface area (Å²) in [5.74, 6) is 0.929. The summed E-state index contributed by atoms with van der Waals surface area (Å²) in [5, 5.41) is 20.9. The molecule has 2 heterocycles. The molecule has 0 bridgehead atoms. The smallest absolute Gasteiger partial charge is 0.191 e. The van der Waals surface area contributed by atoms with E-state index in [1.165, 1.54) is 5.56 Å². The number of piperidine rings is 1. The molecule has 1 fully saturated rings. The number of thiophene rings is 1. The van der Waals surface area contributed by atoms with Crippen molar-refractivity contribution in [2.45, 2.75) is 65.5 Å². The van der Waals surface area contributed by atoms with Crippen LogP contribution in [0.1, 0.15) is 58.4 Å². The summed E-state index contributed by atoms with van der Waals surface area (Å²) < 4.78 is 0. The largest absolute Gasteiger partial charge is 0.396 e. The molecule has 0 aliphatic carbocycles. The van der Waals surface area contributed by atoms with E-state index in [0.717, 1.165) is 70.8 Å². The maximum absolute atomic E-state index is 9.43. The van der Waals surface area contributed by atoms with Gasteiger partial charge in [0.15, 0.2) is 5.96 Å². The van der Waals surface area contributed by atoms with Gasteiger partial charge in [-0.2, -0.15) is 11.3 Å². The van der Waals surface area contributed by atoms with Crippen LogP contribution in [0, 0.1) is 5.41 Å². The molecule has 0 saturated carbocycles. The van der Waals surface area contributed by atoms with Crippen LogP contribution < -0.4 is 10.6 Å². The Morgan fingerprint density at radius 1 is 1.29 bits per heavy atom. The predicted molar refractivity (Wildman–Crippen MR) is 132 cm³/mol. The van der Waals surface area contributed by atoms with E-state index in [0.29, 0.717) is 6.04 Å². The number of nitrogens with zero attached hydrogens (tertiary/aromatic N) is 2. The first-order valence-electron chi connectivity index (χ1n) is 10.5. The molecule has 0 radical (unpaired) electrons. The number of aliphatic imine (C=N–C) groups is 1. The van der Waals surface area contributed by atoms with Gasteiger partial charge >= 0.3 is 0 Å². The SMILES string of the molecule is CCNC(=NCC(CC)(CC)CCO)NC1CCN(Cc2ccsc2)CC1.I. The van der Waals surface area contributed by atoms with Crippen molar-refractivity contribution in [3.63, 3.8) is 0 Å². The number of guanidine groups is 1. The molecular weight excluding hydrogens is 483 g/mol. The molecule has 28 heavy (non-hydrogen) atoms. The van der Waals surface area contributed by atoms with Gasteiger partial charge in [0.1, 0.15) is 0 Å². The number of hydrogen-bond donors (Lipinski definition) is 3. The number of nitrogens with one attached hydrogen (secondary N) is 2. The number of hydrogen-bond acceptors (Lipinski definition) is 4. The van der Waals surface area contributed by atoms with Crippen LogP contribution in [-0.4, -0.2) is 54.8 Å². The monoisotopic (exact) mass is 522 g/mol. The second kappa shape index (κ2) is 13.8. The lowest BCUT2D eigenvalue weighted by atomic mass is 9.79. The maximum Gasteiger partial charge on any atom is 0.191 e. The van der Waals surface area contributed by atoms with Crippen molar-refractivity contribution in [3.05, 3.63) is 22.4 Å². The maximum atomic E-state index is 9.43. The van der Waals surface area contributed by atoms with Crippen LogP contribution in [0.2, 0.25) is 0 Å². The highest BCUT2D eigenvalue weighted by atomic mass is 127. The van der Waals surface area contributed by atoms with Crippen LogP contribution in [0.25, 0.3) is 0 Å². The molecule has 7 heteroatoms. The van der Waals surface area contributed by atoms with E-state index in [1.54, 1.807) is 11.3 Å². The van der Waals surface area contributed by atoms with Gasteiger partial charge in [-0.15, -0.1) is 24.0 Å². The molecule has 162 valence electrons. The Morgan fingerprint density at radius 3 is 2.54 bits per heavy atom. The Morgan fingerprint density at radius 2 is 2.00 bits per heavy atom. The molecule has 1 saturated heterocycles. The van der Waals surface area contributed by atoms with Gasteiger partial charge in [-0.3, -0.25) is 9.89 Å². The first-order valence-corrected chi connectivity index (χ1v) is 11.5. The zero-order valence-corrected chi connectivity index (χ0v) is 20.9. The Balaban J connectivity index is 0.00000392. The highest BCUT2D eigenvalue weighted by Crippen LogP contribution is 2.30. The summed E-state index contributed by atoms with van der Waals surface area (Å²) in [6, 6.07) is 2.71. The second-order valence-electron chi connectivity index (χ2n) is 7.70. The summed E-state index contributed by atoms with van der Waals surface area (Å²) in [6.07, 6.45) is 5.22. The van der Waals surface area contributed by atoms with Gasteiger partial charge in [-0.1, -0.05) is 13.8 Å². The quantitative estimate of drug-likeness (QED) is 0.246. The summed E-state index contributed by atoms with van der Waals surface area (Å²) in [4.78, 5) is 7.44. The zero-order chi connectivity index (χ0) is 19.5. The van der Waals surface area contributed by atoms with Crippen molar-refractivity contribution in [2.75, 3.05) is 32.8 Å². The van der Waals surface area contributed by atoms with Crippen molar-refractivity contribution in [3.8, 4) is 0 Å². The fourth-order valence-electron chi connectivity index (χ4n) is 3.78. The fraction of sp³-hybridized carbons (Fsp3) is 0.762. The molecule has 1 aliphatic rings. The summed E-state index contributed by atoms with van der Waals surface area (Å²) in [7, 11) is 0. The average molecular weight is 523 g/mol. The topological polar surface area (TPSA) is 59.9 Å². The van der Waals surface area contributed by atoms with Gasteiger partial charge in [0.2, 0.25) is 0 Å². The minimum Gasteiger partial charge on any atom is -0.396 e. The molecule has 0 atom stereocenters. The van der Waals surface area contributed by atoms with Crippen LogP contribution in [0.3, 0.4) is 0 Å². The van der Waals surface area contributed by atoms with Crippen molar-refractivity contribution < 1.29 is 5.11 Å². The Hall–Kier alpha value is -0.380. The molecule has 1 aliphatic heterocycles. The van der Waals surface area contributed by atoms with Crippen molar-refractivity contribution in [2.24, 2.45) is 10.4 Å². The lowest BCUT2D eigenvalue weighted by molar-refractivity contribution is 0.175. The predicted octanol–water partition coefficient (Wildman–Crippen LogP) is 4.07. The first-order chi connectivity index (χ1) is 13.1. The number of halogens is 1. The van der Waals surface area contributed by atoms with E-state index in [-0.39, 0.29) is 36.0 Å². The Bertz CT molecular complexity index is 541. The van der Waals surface area contributed by atoms with E-state index in [2.05, 4.69) is 53.1 Å². The second-order valence-corrected chi connectivity index (χ2v) is 8.48. The summed E-state index contributed by atoms with van der Waals surface area (Å²) >= 11 is 1.78. The van der Waals surface area contributed by atoms with Gasteiger partial charge in [-0.25, -0.2) is 0 Å². The molecule has 0 unspecified atom stereocenters. The van der Waals surface area contributed by atoms with E-state index < -0.39 is 0 Å². The summed E-state index contributed by atoms with van der Waals surface area (Å²) in [5.41, 5.74) is 1.54. The van der Waals surface area contributed by atoms with Crippen LogP contribution in [0.4, 0.5) is 0 Å². The van der Waals surface area contributed by atoms with E-state index in [4.69, 9.17) is 4.99 Å². The van der Waals surface area contributed by atoms with Crippen LogP contribution in [0.15, 0.2) is 21.8 Å². The number of likely N-dealkylation sites (tertiary alicyclic amines) is 1. The molecule has 0 spiro atoms. The molecular formula is C21H39IN4OS. The average Bonchev–Trinajstić information content (AvgIpc) is 3.20. The third-order valence-corrected chi connectivity index (χ3v) is 6.71. The van der Waals surface area contributed by atoms with E-state index in [1.807, 2.05) is 0 Å². The van der Waals surface area contributed by atoms with Crippen molar-refractivity contribution in [1.29, 1.82) is 0 Å². The molecule has 3 N–H and O–H groups in total. The molecule has 1 aromatic heterocycles. The minimum atomic E-state index is 0. The standard InChI is InChI=1S/C21H38N4OS.HI/c1-4-21(5-2,10-13-26)17-23-20(22-6-3)24-19-7-11-25(12-8-19)15-18-9-14-27-16-18;/h9,14,16,19,26H,4-8,10-13,15,17H2,1-3H3,(H2,22,23,24);1H. The molecule has 0 aromatic carbocycles. The zero-order valence-electron chi connectivity index (χ0n) is 17.7. The molecule has 5 nitrogen and oxygen atoms in total. The van der Waals surface area contributed by atoms with Crippen molar-refractivity contribution in [1.82, 2.24) is 15.5 Å². The van der Waals surface area contributed by atoms with Crippen LogP contribution in [-0.2, 0) is 6.54 Å². The highest BCUT2D eigenvalue weighted by molar-refractivity contribution is 14.0. The first kappa shape index (κ1) is 25.7. The Labute approximate surface area is 192 Å². The van der Waals surface area contributed by atoms with Crippen LogP contribution >= 0.6 is 35.3 Å². The lowest BCUT2D eigenvalue weighted by Crippen LogP contribution is -2.48. The van der Waals surface area contributed by atoms with Gasteiger partial charge in [0, 0.05) is 45.4 Å². The van der Waals surface area contributed by atoms with Crippen molar-refractivity contribution >= 4 is 41.3 Å². The highest BCUT2D eigenvalue weighted by Gasteiger charge is 2.26. The lowest BCUT2D eigenvalue weighted by Gasteiger charge is -2.33. The normalized spacial score (nSPS) is 16.6. The van der Waals surface area contributed by atoms with Gasteiger partial charge < -0.3 is 15.7 Å². The van der Waals surface area contributed by atoms with Crippen LogP contribution in [0.5, 0.6) is 0 Å². The van der Waals surface area contributed by atoms with Gasteiger partial charge in [0.05, 0.1) is 0 Å². The summed E-state index contributed by atoms with van der Waals surface area (Å²) in [6.45, 7) is 11.7. The number of rotatable bonds is 10. The molecule has 2 rings (SSSR count). The molecule has 1 aromatic rings. The number of aliphatic hydroxyl groups excluding tert-OH is 1. The Kier molecular flexibility index (Phi) is 12.6. The van der Waals surface area contributed by atoms with Gasteiger partial charge in [-0.05, 0) is 66.8 Å². The minimum absolute atomic E-state index is 0. The third kappa shape index (κ3) is 8.16. The molecule has 0 amide bonds. The van der Waals surface area contributed by atoms with Gasteiger partial charge in [0.25, 0.3) is 0 Å². The number of aliphatic hydroxyl groups is 1. The fourth-order valence-corrected chi connectivity index (χ4v) is 4.44.